The molecule has 0 heterocycles. The van der Waals surface area contributed by atoms with Gasteiger partial charge in [-0.15, -0.1) is 0 Å². The highest BCUT2D eigenvalue weighted by Crippen LogP contribution is 2.15. The molecular formula is C17H16N2O4S. The van der Waals surface area contributed by atoms with Gasteiger partial charge in [-0.05, 0) is 54.7 Å². The summed E-state index contributed by atoms with van der Waals surface area (Å²) in [5, 5.41) is 5.60. The molecule has 0 unspecified atom stereocenters. The van der Waals surface area contributed by atoms with Crippen LogP contribution in [0.15, 0.2) is 48.5 Å². The van der Waals surface area contributed by atoms with Gasteiger partial charge in [-0.25, -0.2) is 4.79 Å². The topological polar surface area (TPSA) is 76.7 Å². The summed E-state index contributed by atoms with van der Waals surface area (Å²) in [5.41, 5.74) is 1.31. The third kappa shape index (κ3) is 4.53. The van der Waals surface area contributed by atoms with Crippen molar-refractivity contribution in [3.8, 4) is 5.75 Å². The van der Waals surface area contributed by atoms with Gasteiger partial charge in [-0.3, -0.25) is 10.1 Å². The van der Waals surface area contributed by atoms with Crippen LogP contribution >= 0.6 is 12.2 Å². The first-order chi connectivity index (χ1) is 11.5. The van der Waals surface area contributed by atoms with E-state index in [4.69, 9.17) is 17.0 Å². The van der Waals surface area contributed by atoms with Gasteiger partial charge in [-0.2, -0.15) is 0 Å². The number of carbonyl (C=O) groups is 2. The lowest BCUT2D eigenvalue weighted by atomic mass is 10.1. The van der Waals surface area contributed by atoms with Crippen molar-refractivity contribution >= 4 is 34.9 Å². The molecular weight excluding hydrogens is 328 g/mol. The Morgan fingerprint density at radius 3 is 2.29 bits per heavy atom. The van der Waals surface area contributed by atoms with Crippen LogP contribution in [0.2, 0.25) is 0 Å². The van der Waals surface area contributed by atoms with Crippen LogP contribution in [0, 0.1) is 0 Å². The molecule has 0 aliphatic carbocycles. The number of benzene rings is 2. The summed E-state index contributed by atoms with van der Waals surface area (Å²) in [6, 6.07) is 13.3. The first-order valence-corrected chi connectivity index (χ1v) is 7.39. The van der Waals surface area contributed by atoms with Gasteiger partial charge in [0, 0.05) is 11.3 Å². The number of thiocarbonyl (C=S) groups is 1. The first-order valence-electron chi connectivity index (χ1n) is 6.98. The molecule has 0 atom stereocenters. The fourth-order valence-corrected chi connectivity index (χ4v) is 2.13. The zero-order valence-corrected chi connectivity index (χ0v) is 14.0. The number of hydrogen-bond donors (Lipinski definition) is 2. The Balaban J connectivity index is 2.00. The average Bonchev–Trinajstić information content (AvgIpc) is 2.61. The Labute approximate surface area is 144 Å². The van der Waals surface area contributed by atoms with Crippen LogP contribution in [0.4, 0.5) is 5.69 Å². The Bertz CT molecular complexity index is 759. The van der Waals surface area contributed by atoms with Crippen molar-refractivity contribution in [3.05, 3.63) is 59.7 Å². The van der Waals surface area contributed by atoms with Crippen molar-refractivity contribution < 1.29 is 19.1 Å². The van der Waals surface area contributed by atoms with Crippen molar-refractivity contribution in [2.24, 2.45) is 0 Å². The minimum absolute atomic E-state index is 0.147. The summed E-state index contributed by atoms with van der Waals surface area (Å²) >= 11 is 5.11. The van der Waals surface area contributed by atoms with E-state index in [1.807, 2.05) is 0 Å². The van der Waals surface area contributed by atoms with Gasteiger partial charge < -0.3 is 14.8 Å². The van der Waals surface area contributed by atoms with E-state index in [2.05, 4.69) is 15.4 Å². The van der Waals surface area contributed by atoms with Crippen LogP contribution in [0.3, 0.4) is 0 Å². The molecule has 7 heteroatoms. The van der Waals surface area contributed by atoms with Crippen molar-refractivity contribution in [1.29, 1.82) is 0 Å². The summed E-state index contributed by atoms with van der Waals surface area (Å²) in [4.78, 5) is 23.7. The molecule has 2 aromatic rings. The van der Waals surface area contributed by atoms with Gasteiger partial charge in [0.05, 0.1) is 19.8 Å². The Morgan fingerprint density at radius 1 is 1.00 bits per heavy atom. The molecule has 0 radical (unpaired) electrons. The summed E-state index contributed by atoms with van der Waals surface area (Å²) in [5.74, 6) is -0.217. The number of methoxy groups -OCH3 is 2. The van der Waals surface area contributed by atoms with Crippen molar-refractivity contribution in [3.63, 3.8) is 0 Å². The molecule has 24 heavy (non-hydrogen) atoms. The molecule has 124 valence electrons. The minimum atomic E-state index is -0.511. The quantitative estimate of drug-likeness (QED) is 0.656. The number of rotatable bonds is 4. The largest absolute Gasteiger partial charge is 0.497 e. The van der Waals surface area contributed by atoms with Gasteiger partial charge >= 0.3 is 5.97 Å². The van der Waals surface area contributed by atoms with Gasteiger partial charge in [0.1, 0.15) is 5.75 Å². The Morgan fingerprint density at radius 2 is 1.67 bits per heavy atom. The average molecular weight is 344 g/mol. The third-order valence-electron chi connectivity index (χ3n) is 3.12. The third-order valence-corrected chi connectivity index (χ3v) is 3.32. The van der Waals surface area contributed by atoms with E-state index in [1.54, 1.807) is 49.6 Å². The maximum atomic E-state index is 12.2. The number of ether oxygens (including phenoxy) is 2. The normalized spacial score (nSPS) is 9.75. The summed E-state index contributed by atoms with van der Waals surface area (Å²) in [7, 11) is 2.86. The molecule has 1 amide bonds. The molecule has 2 aromatic carbocycles. The number of amides is 1. The van der Waals surface area contributed by atoms with E-state index in [0.29, 0.717) is 16.8 Å². The Kier molecular flexibility index (Phi) is 5.86. The molecule has 0 fully saturated rings. The lowest BCUT2D eigenvalue weighted by Gasteiger charge is -2.10. The maximum Gasteiger partial charge on any atom is 0.337 e. The van der Waals surface area contributed by atoms with Crippen molar-refractivity contribution in [2.75, 3.05) is 19.5 Å². The lowest BCUT2D eigenvalue weighted by molar-refractivity contribution is 0.0600. The highest BCUT2D eigenvalue weighted by molar-refractivity contribution is 7.80. The summed E-state index contributed by atoms with van der Waals surface area (Å²) in [6.45, 7) is 0. The molecule has 0 aromatic heterocycles. The van der Waals surface area contributed by atoms with E-state index in [-0.39, 0.29) is 5.11 Å². The maximum absolute atomic E-state index is 12.2. The lowest BCUT2D eigenvalue weighted by Crippen LogP contribution is -2.34. The van der Waals surface area contributed by atoms with Gasteiger partial charge in [0.15, 0.2) is 5.11 Å². The number of carbonyl (C=O) groups excluding carboxylic acids is 2. The van der Waals surface area contributed by atoms with Crippen LogP contribution in [0.1, 0.15) is 20.7 Å². The summed E-state index contributed by atoms with van der Waals surface area (Å²) < 4.78 is 9.70. The minimum Gasteiger partial charge on any atom is -0.497 e. The van der Waals surface area contributed by atoms with Crippen LogP contribution in [0.5, 0.6) is 5.75 Å². The van der Waals surface area contributed by atoms with Gasteiger partial charge in [0.2, 0.25) is 0 Å². The number of nitrogens with one attached hydrogen (secondary N) is 2. The molecule has 0 aliphatic rings. The molecule has 0 spiro atoms. The number of hydrogen-bond acceptors (Lipinski definition) is 5. The van der Waals surface area contributed by atoms with Crippen molar-refractivity contribution in [1.82, 2.24) is 5.32 Å². The molecule has 6 nitrogen and oxygen atoms in total. The van der Waals surface area contributed by atoms with E-state index in [0.717, 1.165) is 5.75 Å². The van der Waals surface area contributed by atoms with Crippen molar-refractivity contribution in [2.45, 2.75) is 0 Å². The Hall–Kier alpha value is -2.93. The molecule has 2 rings (SSSR count). The van der Waals surface area contributed by atoms with E-state index in [1.165, 1.54) is 13.2 Å². The second kappa shape index (κ2) is 8.07. The van der Waals surface area contributed by atoms with Gasteiger partial charge in [-0.1, -0.05) is 6.07 Å². The van der Waals surface area contributed by atoms with Crippen LogP contribution in [-0.2, 0) is 4.74 Å². The monoisotopic (exact) mass is 344 g/mol. The second-order valence-electron chi connectivity index (χ2n) is 4.71. The molecule has 0 saturated heterocycles. The predicted octanol–water partition coefficient (Wildman–Crippen LogP) is 2.61. The van der Waals surface area contributed by atoms with E-state index in [9.17, 15) is 9.59 Å². The zero-order valence-electron chi connectivity index (χ0n) is 13.2. The highest BCUT2D eigenvalue weighted by atomic mass is 32.1. The zero-order chi connectivity index (χ0) is 17.5. The van der Waals surface area contributed by atoms with Crippen LogP contribution in [-0.4, -0.2) is 31.2 Å². The van der Waals surface area contributed by atoms with Crippen LogP contribution < -0.4 is 15.4 Å². The second-order valence-corrected chi connectivity index (χ2v) is 5.12. The SMILES string of the molecule is COC(=O)c1cccc(C(=O)NC(=S)Nc2ccc(OC)cc2)c1. The first kappa shape index (κ1) is 17.4. The molecule has 0 saturated carbocycles. The molecule has 0 bridgehead atoms. The number of anilines is 1. The fraction of sp³-hybridized carbons (Fsp3) is 0.118. The van der Waals surface area contributed by atoms with E-state index < -0.39 is 11.9 Å². The standard InChI is InChI=1S/C17H16N2O4S/c1-22-14-8-6-13(7-9-14)18-17(24)19-15(20)11-4-3-5-12(10-11)16(21)23-2/h3-10H,1-2H3,(H2,18,19,20,24). The van der Waals surface area contributed by atoms with E-state index >= 15 is 0 Å². The fourth-order valence-electron chi connectivity index (χ4n) is 1.92. The van der Waals surface area contributed by atoms with Gasteiger partial charge in [0.25, 0.3) is 5.91 Å². The smallest absolute Gasteiger partial charge is 0.337 e. The number of esters is 1. The van der Waals surface area contributed by atoms with Crippen LogP contribution in [0.25, 0.3) is 0 Å². The summed E-state index contributed by atoms with van der Waals surface area (Å²) in [6.07, 6.45) is 0. The molecule has 0 aliphatic heterocycles. The molecule has 2 N–H and O–H groups in total. The highest BCUT2D eigenvalue weighted by Gasteiger charge is 2.12. The predicted molar refractivity (Wildman–Crippen MR) is 94.5 cm³/mol.